The minimum absolute atomic E-state index is 0.716. The number of hydrogen-bond donors (Lipinski definition) is 2. The SMILES string of the molecule is NCCCN1C=C[N+](=C2c3cccc4cccc(c34)N2CCCN2C(=[N+]3C=CNC3)c3cccc4cccc2c34)C1. The van der Waals surface area contributed by atoms with Crippen LogP contribution in [0.1, 0.15) is 24.0 Å². The van der Waals surface area contributed by atoms with Crippen LogP contribution < -0.4 is 20.9 Å². The smallest absolute Gasteiger partial charge is 0.291 e. The summed E-state index contributed by atoms with van der Waals surface area (Å²) in [6, 6.07) is 26.8. The van der Waals surface area contributed by atoms with Crippen molar-refractivity contribution >= 4 is 44.6 Å². The molecule has 0 saturated heterocycles. The molecule has 41 heavy (non-hydrogen) atoms. The molecule has 0 amide bonds. The highest BCUT2D eigenvalue weighted by Gasteiger charge is 2.40. The van der Waals surface area contributed by atoms with Gasteiger partial charge in [-0.15, -0.1) is 0 Å². The van der Waals surface area contributed by atoms with Crippen LogP contribution in [0.15, 0.2) is 97.6 Å². The van der Waals surface area contributed by atoms with Gasteiger partial charge in [0.05, 0.1) is 24.2 Å². The Morgan fingerprint density at radius 3 is 1.88 bits per heavy atom. The van der Waals surface area contributed by atoms with E-state index >= 15 is 0 Å². The zero-order valence-electron chi connectivity index (χ0n) is 23.2. The van der Waals surface area contributed by atoms with E-state index in [2.05, 4.69) is 121 Å². The molecule has 0 radical (unpaired) electrons. The van der Waals surface area contributed by atoms with E-state index < -0.39 is 0 Å². The highest BCUT2D eigenvalue weighted by Crippen LogP contribution is 2.40. The second-order valence-corrected chi connectivity index (χ2v) is 11.2. The molecule has 7 nitrogen and oxygen atoms in total. The molecular weight excluding hydrogens is 506 g/mol. The van der Waals surface area contributed by atoms with Crippen LogP contribution in [0.4, 0.5) is 11.4 Å². The molecule has 0 aliphatic carbocycles. The maximum Gasteiger partial charge on any atom is 0.291 e. The molecule has 4 aliphatic heterocycles. The van der Waals surface area contributed by atoms with Crippen molar-refractivity contribution in [1.29, 1.82) is 0 Å². The molecule has 4 aromatic rings. The average Bonchev–Trinajstić information content (AvgIpc) is 3.80. The fourth-order valence-electron chi connectivity index (χ4n) is 6.98. The van der Waals surface area contributed by atoms with Crippen LogP contribution in [0, 0.1) is 0 Å². The number of amidine groups is 2. The molecule has 0 unspecified atom stereocenters. The average molecular weight is 542 g/mol. The first kappa shape index (κ1) is 24.2. The normalized spacial score (nSPS) is 20.5. The topological polar surface area (TPSA) is 53.8 Å². The van der Waals surface area contributed by atoms with E-state index in [1.54, 1.807) is 0 Å². The summed E-state index contributed by atoms with van der Waals surface area (Å²) < 4.78 is 4.75. The van der Waals surface area contributed by atoms with E-state index in [4.69, 9.17) is 5.73 Å². The lowest BCUT2D eigenvalue weighted by molar-refractivity contribution is -0.464. The van der Waals surface area contributed by atoms with Crippen LogP contribution in [0.3, 0.4) is 0 Å². The number of hydrogen-bond acceptors (Lipinski definition) is 3. The third kappa shape index (κ3) is 3.84. The highest BCUT2D eigenvalue weighted by atomic mass is 15.4. The van der Waals surface area contributed by atoms with Gasteiger partial charge in [-0.1, -0.05) is 48.5 Å². The van der Waals surface area contributed by atoms with Crippen molar-refractivity contribution in [1.82, 2.24) is 10.2 Å². The van der Waals surface area contributed by atoms with Crippen LogP contribution in [0.2, 0.25) is 0 Å². The molecule has 0 bridgehead atoms. The van der Waals surface area contributed by atoms with Crippen LogP contribution in [-0.2, 0) is 0 Å². The van der Waals surface area contributed by atoms with Crippen molar-refractivity contribution in [3.05, 3.63) is 109 Å². The first-order valence-corrected chi connectivity index (χ1v) is 14.7. The zero-order chi connectivity index (χ0) is 27.3. The molecule has 4 aliphatic rings. The summed E-state index contributed by atoms with van der Waals surface area (Å²) >= 11 is 0. The Morgan fingerprint density at radius 1 is 0.683 bits per heavy atom. The molecular formula is C34H35N7+2. The monoisotopic (exact) mass is 541 g/mol. The van der Waals surface area contributed by atoms with Gasteiger partial charge in [-0.25, -0.2) is 19.0 Å². The van der Waals surface area contributed by atoms with Crippen molar-refractivity contribution in [3.8, 4) is 0 Å². The molecule has 0 spiro atoms. The standard InChI is InChI=1S/C34H35N7/c35-15-5-17-37-21-22-39(24-37)34-28-12-2-8-26-10-4-14-30(32(26)28)41(34)19-6-18-40-29-13-3-9-25-7-1-11-27(31(25)29)33(40)38-20-16-36-23-38/h1-4,7-14,16,20-22,36H,5-6,15,17-19,23-24,35H2/q+2. The minimum Gasteiger partial charge on any atom is -0.352 e. The quantitative estimate of drug-likeness (QED) is 0.341. The predicted octanol–water partition coefficient (Wildman–Crippen LogP) is 4.37. The molecule has 7 heteroatoms. The highest BCUT2D eigenvalue weighted by molar-refractivity contribution is 6.26. The Morgan fingerprint density at radius 2 is 1.29 bits per heavy atom. The Balaban J connectivity index is 1.13. The Hall–Kier alpha value is -4.62. The van der Waals surface area contributed by atoms with E-state index in [9.17, 15) is 0 Å². The number of nitrogens with two attached hydrogens (primary N) is 1. The summed E-state index contributed by atoms with van der Waals surface area (Å²) in [6.07, 6.45) is 10.7. The zero-order valence-corrected chi connectivity index (χ0v) is 23.2. The van der Waals surface area contributed by atoms with Gasteiger partial charge in [0.15, 0.2) is 13.3 Å². The number of rotatable bonds is 7. The predicted molar refractivity (Wildman–Crippen MR) is 167 cm³/mol. The molecule has 0 aromatic heterocycles. The summed E-state index contributed by atoms with van der Waals surface area (Å²) in [4.78, 5) is 7.44. The largest absolute Gasteiger partial charge is 0.352 e. The van der Waals surface area contributed by atoms with Crippen LogP contribution in [0.5, 0.6) is 0 Å². The lowest BCUT2D eigenvalue weighted by atomic mass is 10.1. The maximum atomic E-state index is 5.81. The molecule has 3 N–H and O–H groups in total. The van der Waals surface area contributed by atoms with Crippen LogP contribution in [-0.4, -0.2) is 65.2 Å². The summed E-state index contributed by atoms with van der Waals surface area (Å²) in [5, 5.41) is 8.68. The van der Waals surface area contributed by atoms with Gasteiger partial charge in [0.25, 0.3) is 11.7 Å². The van der Waals surface area contributed by atoms with Gasteiger partial charge in [-0.3, -0.25) is 0 Å². The van der Waals surface area contributed by atoms with Crippen molar-refractivity contribution in [3.63, 3.8) is 0 Å². The minimum atomic E-state index is 0.716. The number of anilines is 2. The van der Waals surface area contributed by atoms with Crippen LogP contribution >= 0.6 is 0 Å². The second-order valence-electron chi connectivity index (χ2n) is 11.2. The Labute approximate surface area is 240 Å². The Bertz CT molecular complexity index is 1800. The van der Waals surface area contributed by atoms with E-state index in [1.165, 1.54) is 55.7 Å². The third-order valence-electron chi connectivity index (χ3n) is 8.72. The molecule has 0 atom stereocenters. The van der Waals surface area contributed by atoms with Crippen LogP contribution in [0.25, 0.3) is 21.5 Å². The maximum absolute atomic E-state index is 5.81. The first-order chi connectivity index (χ1) is 20.3. The Kier molecular flexibility index (Phi) is 5.77. The summed E-state index contributed by atoms with van der Waals surface area (Å²) in [7, 11) is 0. The van der Waals surface area contributed by atoms with Gasteiger partial charge in [-0.05, 0) is 48.0 Å². The molecule has 4 aromatic carbocycles. The van der Waals surface area contributed by atoms with E-state index in [1.807, 2.05) is 6.20 Å². The van der Waals surface area contributed by atoms with E-state index in [0.29, 0.717) is 6.54 Å². The van der Waals surface area contributed by atoms with Crippen molar-refractivity contribution in [2.24, 2.45) is 5.73 Å². The second kappa shape index (κ2) is 9.78. The molecule has 8 rings (SSSR count). The molecule has 0 fully saturated rings. The third-order valence-corrected chi connectivity index (χ3v) is 8.72. The number of nitrogens with one attached hydrogen (secondary N) is 1. The lowest BCUT2D eigenvalue weighted by Gasteiger charge is -2.19. The fraction of sp³-hybridized carbons (Fsp3) is 0.235. The van der Waals surface area contributed by atoms with Crippen molar-refractivity contribution in [2.45, 2.75) is 12.8 Å². The van der Waals surface area contributed by atoms with E-state index in [-0.39, 0.29) is 0 Å². The molecule has 204 valence electrons. The van der Waals surface area contributed by atoms with E-state index in [0.717, 1.165) is 45.8 Å². The molecule has 0 saturated carbocycles. The summed E-state index contributed by atoms with van der Waals surface area (Å²) in [5.41, 5.74) is 11.1. The van der Waals surface area contributed by atoms with Gasteiger partial charge >= 0.3 is 0 Å². The fourth-order valence-corrected chi connectivity index (χ4v) is 6.98. The number of benzene rings is 4. The lowest BCUT2D eigenvalue weighted by Crippen LogP contribution is -2.40. The summed E-state index contributed by atoms with van der Waals surface area (Å²) in [5.74, 6) is 2.55. The van der Waals surface area contributed by atoms with Gasteiger partial charge in [0, 0.05) is 36.1 Å². The van der Waals surface area contributed by atoms with Gasteiger partial charge in [0.1, 0.15) is 23.8 Å². The number of nitrogens with zero attached hydrogens (tertiary/aromatic N) is 5. The summed E-state index contributed by atoms with van der Waals surface area (Å²) in [6.45, 7) is 5.20. The van der Waals surface area contributed by atoms with Crippen molar-refractivity contribution in [2.75, 3.05) is 49.3 Å². The molecule has 4 heterocycles. The first-order valence-electron chi connectivity index (χ1n) is 14.7. The van der Waals surface area contributed by atoms with Crippen molar-refractivity contribution < 1.29 is 9.15 Å². The van der Waals surface area contributed by atoms with Gasteiger partial charge < -0.3 is 16.0 Å². The van der Waals surface area contributed by atoms with Gasteiger partial charge in [-0.2, -0.15) is 0 Å². The van der Waals surface area contributed by atoms with Gasteiger partial charge in [0.2, 0.25) is 0 Å².